The number of hydrogen-bond acceptors (Lipinski definition) is 6. The van der Waals surface area contributed by atoms with Crippen LogP contribution in [0.3, 0.4) is 0 Å². The van der Waals surface area contributed by atoms with E-state index in [-0.39, 0.29) is 22.9 Å². The molecule has 8 unspecified atom stereocenters. The van der Waals surface area contributed by atoms with Gasteiger partial charge in [0.1, 0.15) is 17.6 Å². The first-order chi connectivity index (χ1) is 28.4. The monoisotopic (exact) mass is 801 g/mol. The molecule has 3 saturated carbocycles. The number of carbonyl (C=O) groups excluding carboxylic acids is 2. The Morgan fingerprint density at radius 2 is 1.42 bits per heavy atom. The minimum atomic E-state index is -0.423. The van der Waals surface area contributed by atoms with Crippen LogP contribution in [0, 0.1) is 51.8 Å². The molecule has 6 heteroatoms. The van der Waals surface area contributed by atoms with Crippen molar-refractivity contribution in [1.82, 2.24) is 0 Å². The summed E-state index contributed by atoms with van der Waals surface area (Å²) in [7, 11) is 0. The van der Waals surface area contributed by atoms with Crippen molar-refractivity contribution >= 4 is 11.9 Å². The van der Waals surface area contributed by atoms with Crippen molar-refractivity contribution < 1.29 is 28.5 Å². The summed E-state index contributed by atoms with van der Waals surface area (Å²) in [5, 5.41) is 0. The number of carbonyl (C=O) groups is 2. The van der Waals surface area contributed by atoms with Gasteiger partial charge in [0.2, 0.25) is 0 Å². The number of esters is 2. The Balaban J connectivity index is 0.824. The lowest BCUT2D eigenvalue weighted by Gasteiger charge is -2.58. The molecule has 0 bridgehead atoms. The number of rotatable bonds is 14. The third-order valence-electron chi connectivity index (χ3n) is 16.3. The first-order valence-corrected chi connectivity index (χ1v) is 23.0. The van der Waals surface area contributed by atoms with Crippen LogP contribution < -0.4 is 9.47 Å². The van der Waals surface area contributed by atoms with Gasteiger partial charge in [-0.05, 0) is 157 Å². The number of allylic oxidation sites excluding steroid dienone is 1. The number of fused-ring (bicyclic) bond motifs is 5. The lowest BCUT2D eigenvalue weighted by Crippen LogP contribution is -2.51. The fourth-order valence-electron chi connectivity index (χ4n) is 12.4. The highest BCUT2D eigenvalue weighted by Crippen LogP contribution is 2.67. The van der Waals surface area contributed by atoms with Crippen molar-refractivity contribution in [3.8, 4) is 22.6 Å². The molecule has 5 aliphatic rings. The van der Waals surface area contributed by atoms with Gasteiger partial charge in [-0.1, -0.05) is 96.7 Å². The Morgan fingerprint density at radius 1 is 0.763 bits per heavy atom. The van der Waals surface area contributed by atoms with Gasteiger partial charge in [0.25, 0.3) is 0 Å². The molecule has 0 amide bonds. The maximum absolute atomic E-state index is 13.5. The molecule has 0 aromatic heterocycles. The first kappa shape index (κ1) is 41.8. The van der Waals surface area contributed by atoms with Gasteiger partial charge in [0.15, 0.2) is 0 Å². The van der Waals surface area contributed by atoms with Gasteiger partial charge < -0.3 is 18.9 Å². The summed E-state index contributed by atoms with van der Waals surface area (Å²) < 4.78 is 23.2. The second-order valence-corrected chi connectivity index (χ2v) is 20.2. The molecule has 8 rings (SSSR count). The van der Waals surface area contributed by atoms with E-state index in [0.29, 0.717) is 28.9 Å². The summed E-state index contributed by atoms with van der Waals surface area (Å²) in [6.07, 6.45) is 17.3. The van der Waals surface area contributed by atoms with Crippen LogP contribution in [0.2, 0.25) is 0 Å². The van der Waals surface area contributed by atoms with Crippen molar-refractivity contribution in [2.24, 2.45) is 51.8 Å². The largest absolute Gasteiger partial charge is 0.493 e. The van der Waals surface area contributed by atoms with E-state index in [9.17, 15) is 9.59 Å². The van der Waals surface area contributed by atoms with Crippen molar-refractivity contribution in [3.05, 3.63) is 95.6 Å². The van der Waals surface area contributed by atoms with Crippen LogP contribution >= 0.6 is 0 Å². The van der Waals surface area contributed by atoms with E-state index < -0.39 is 5.97 Å². The van der Waals surface area contributed by atoms with Crippen LogP contribution in [0.1, 0.15) is 139 Å². The Morgan fingerprint density at radius 3 is 2.05 bits per heavy atom. The topological polar surface area (TPSA) is 71.1 Å². The number of benzene rings is 3. The normalized spacial score (nSPS) is 29.9. The zero-order valence-electron chi connectivity index (χ0n) is 36.6. The molecule has 59 heavy (non-hydrogen) atoms. The van der Waals surface area contributed by atoms with Crippen LogP contribution in [0.4, 0.5) is 0 Å². The second kappa shape index (κ2) is 17.2. The van der Waals surface area contributed by atoms with Gasteiger partial charge in [-0.2, -0.15) is 0 Å². The summed E-state index contributed by atoms with van der Waals surface area (Å²) in [5.74, 6) is 5.45. The lowest BCUT2D eigenvalue weighted by molar-refractivity contribution is -0.133. The molecule has 1 saturated heterocycles. The van der Waals surface area contributed by atoms with Gasteiger partial charge in [-0.15, -0.1) is 0 Å². The highest BCUT2D eigenvalue weighted by atomic mass is 16.5. The highest BCUT2D eigenvalue weighted by molar-refractivity contribution is 5.92. The molecule has 3 aromatic rings. The molecule has 4 aliphatic carbocycles. The summed E-state index contributed by atoms with van der Waals surface area (Å²) in [6.45, 7) is 16.7. The predicted molar refractivity (Wildman–Crippen MR) is 235 cm³/mol. The van der Waals surface area contributed by atoms with E-state index >= 15 is 0 Å². The number of ether oxygens (including phenoxy) is 4. The third kappa shape index (κ3) is 8.54. The SMILES string of the molecule is CCC1(COc2ccc(OC(=O)c3ccc(-c4ccc(C(=O)OC5CCC6(C)C(=CCC7C6CCC6(C)C(C(C)CCCC(C)C)CCC76)C5)cc4)cc3)cc2)COC1. The molecular weight excluding hydrogens is 733 g/mol. The molecule has 4 fully saturated rings. The first-order valence-electron chi connectivity index (χ1n) is 23.0. The molecule has 0 N–H and O–H groups in total. The quantitative estimate of drug-likeness (QED) is 0.0919. The summed E-state index contributed by atoms with van der Waals surface area (Å²) in [6, 6.07) is 22.1. The Kier molecular flexibility index (Phi) is 12.2. The average molecular weight is 801 g/mol. The third-order valence-corrected chi connectivity index (χ3v) is 16.3. The predicted octanol–water partition coefficient (Wildman–Crippen LogP) is 12.9. The van der Waals surface area contributed by atoms with Crippen molar-refractivity contribution in [2.75, 3.05) is 19.8 Å². The standard InChI is InChI=1S/C53H68O6/c1-7-53(32-56-33-53)34-57-42-20-22-43(23-21-42)58-49(54)39-15-11-37(12-16-39)38-13-17-40(18-14-38)50(55)59-44-27-29-51(5)41(31-44)19-24-45-47-26-25-46(36(4)10-8-9-35(2)3)52(47,6)30-28-48(45)51/h11-23,35-36,44-48H,7-10,24-34H2,1-6H3. The Labute approximate surface area is 353 Å². The summed E-state index contributed by atoms with van der Waals surface area (Å²) in [5.41, 5.74) is 5.32. The van der Waals surface area contributed by atoms with Gasteiger partial charge in [-0.25, -0.2) is 9.59 Å². The zero-order valence-corrected chi connectivity index (χ0v) is 36.6. The Hall–Kier alpha value is -3.90. The zero-order chi connectivity index (χ0) is 41.4. The molecular formula is C53H68O6. The minimum absolute atomic E-state index is 0.0751. The average Bonchev–Trinajstić information content (AvgIpc) is 3.58. The van der Waals surface area contributed by atoms with E-state index in [2.05, 4.69) is 47.6 Å². The van der Waals surface area contributed by atoms with Gasteiger partial charge in [0, 0.05) is 6.42 Å². The molecule has 0 radical (unpaired) electrons. The van der Waals surface area contributed by atoms with E-state index in [0.717, 1.165) is 91.3 Å². The second-order valence-electron chi connectivity index (χ2n) is 20.2. The number of hydrogen-bond donors (Lipinski definition) is 0. The molecule has 3 aromatic carbocycles. The summed E-state index contributed by atoms with van der Waals surface area (Å²) >= 11 is 0. The maximum atomic E-state index is 13.5. The molecule has 6 nitrogen and oxygen atoms in total. The van der Waals surface area contributed by atoms with Crippen molar-refractivity contribution in [3.63, 3.8) is 0 Å². The molecule has 316 valence electrons. The summed E-state index contributed by atoms with van der Waals surface area (Å²) in [4.78, 5) is 26.4. The van der Waals surface area contributed by atoms with Crippen molar-refractivity contribution in [2.45, 2.75) is 125 Å². The lowest BCUT2D eigenvalue weighted by atomic mass is 9.47. The van der Waals surface area contributed by atoms with E-state index in [1.165, 1.54) is 51.4 Å². The van der Waals surface area contributed by atoms with Gasteiger partial charge in [-0.3, -0.25) is 0 Å². The van der Waals surface area contributed by atoms with Crippen LogP contribution in [0.5, 0.6) is 11.5 Å². The van der Waals surface area contributed by atoms with Crippen LogP contribution in [0.15, 0.2) is 84.4 Å². The molecule has 0 spiro atoms. The minimum Gasteiger partial charge on any atom is -0.493 e. The van der Waals surface area contributed by atoms with Gasteiger partial charge >= 0.3 is 11.9 Å². The molecule has 1 heterocycles. The fraction of sp³-hybridized carbons (Fsp3) is 0.585. The van der Waals surface area contributed by atoms with E-state index in [1.54, 1.807) is 29.8 Å². The Bertz CT molecular complexity index is 1950. The molecule has 1 aliphatic heterocycles. The van der Waals surface area contributed by atoms with E-state index in [1.807, 2.05) is 48.5 Å². The highest BCUT2D eigenvalue weighted by Gasteiger charge is 2.59. The smallest absolute Gasteiger partial charge is 0.343 e. The van der Waals surface area contributed by atoms with Crippen molar-refractivity contribution in [1.29, 1.82) is 0 Å². The van der Waals surface area contributed by atoms with Crippen LogP contribution in [0.25, 0.3) is 11.1 Å². The fourth-order valence-corrected chi connectivity index (χ4v) is 12.4. The van der Waals surface area contributed by atoms with Gasteiger partial charge in [0.05, 0.1) is 36.4 Å². The van der Waals surface area contributed by atoms with Crippen LogP contribution in [-0.2, 0) is 9.47 Å². The maximum Gasteiger partial charge on any atom is 0.343 e. The molecule has 8 atom stereocenters. The van der Waals surface area contributed by atoms with Crippen LogP contribution in [-0.4, -0.2) is 37.9 Å². The van der Waals surface area contributed by atoms with E-state index in [4.69, 9.17) is 18.9 Å².